The van der Waals surface area contributed by atoms with Crippen LogP contribution >= 0.6 is 0 Å². The Morgan fingerprint density at radius 3 is 2.53 bits per heavy atom. The number of rotatable bonds is 4. The average Bonchev–Trinajstić information content (AvgIpc) is 2.58. The molecule has 6 heteroatoms. The van der Waals surface area contributed by atoms with Gasteiger partial charge in [0.05, 0.1) is 12.1 Å². The van der Waals surface area contributed by atoms with Gasteiger partial charge in [0.1, 0.15) is 6.04 Å². The van der Waals surface area contributed by atoms with E-state index in [-0.39, 0.29) is 24.8 Å². The van der Waals surface area contributed by atoms with Gasteiger partial charge >= 0.3 is 5.97 Å². The monoisotopic (exact) mass is 244 g/mol. The molecule has 0 aromatic heterocycles. The van der Waals surface area contributed by atoms with Gasteiger partial charge in [-0.1, -0.05) is 13.8 Å². The summed E-state index contributed by atoms with van der Waals surface area (Å²) in [7, 11) is 0. The molecule has 3 atom stereocenters. The summed E-state index contributed by atoms with van der Waals surface area (Å²) in [6.07, 6.45) is -0.181. The van der Waals surface area contributed by atoms with Crippen LogP contribution in [0.5, 0.6) is 0 Å². The number of nitrogens with two attached hydrogens (primary N) is 1. The van der Waals surface area contributed by atoms with Gasteiger partial charge in [-0.05, 0) is 12.3 Å². The van der Waals surface area contributed by atoms with Gasteiger partial charge in [-0.15, -0.1) is 0 Å². The highest BCUT2D eigenvalue weighted by molar-refractivity contribution is 5.87. The Bertz CT molecular complexity index is 306. The van der Waals surface area contributed by atoms with Crippen LogP contribution in [-0.2, 0) is 9.59 Å². The number of aliphatic hydroxyl groups is 1. The lowest BCUT2D eigenvalue weighted by atomic mass is 10.0. The van der Waals surface area contributed by atoms with E-state index >= 15 is 0 Å². The summed E-state index contributed by atoms with van der Waals surface area (Å²) in [5.74, 6) is -1.21. The quantitative estimate of drug-likeness (QED) is 0.613. The van der Waals surface area contributed by atoms with Gasteiger partial charge in [0.2, 0.25) is 5.91 Å². The minimum absolute atomic E-state index is 0.0571. The molecule has 0 aliphatic carbocycles. The van der Waals surface area contributed by atoms with Gasteiger partial charge < -0.3 is 20.8 Å². The third kappa shape index (κ3) is 3.41. The maximum atomic E-state index is 12.0. The number of likely N-dealkylation sites (tertiary alicyclic amines) is 1. The van der Waals surface area contributed by atoms with Crippen LogP contribution in [0.2, 0.25) is 0 Å². The van der Waals surface area contributed by atoms with E-state index in [1.807, 2.05) is 13.8 Å². The van der Waals surface area contributed by atoms with Gasteiger partial charge in [-0.2, -0.15) is 0 Å². The number of carbonyl (C=O) groups excluding carboxylic acids is 1. The number of β-amino-alcohol motifs (C(OH)–C–C–N with tert-alkyl or cyclic N) is 1. The number of hydrogen-bond donors (Lipinski definition) is 3. The zero-order valence-corrected chi connectivity index (χ0v) is 10.2. The van der Waals surface area contributed by atoms with Crippen molar-refractivity contribution in [3.63, 3.8) is 0 Å². The Balaban J connectivity index is 2.70. The van der Waals surface area contributed by atoms with Crippen molar-refractivity contribution in [1.29, 1.82) is 0 Å². The van der Waals surface area contributed by atoms with Crippen LogP contribution in [-0.4, -0.2) is 51.7 Å². The van der Waals surface area contributed by atoms with Gasteiger partial charge in [0.25, 0.3) is 0 Å². The van der Waals surface area contributed by atoms with Crippen LogP contribution in [0.15, 0.2) is 0 Å². The first kappa shape index (κ1) is 13.9. The third-order valence-corrected chi connectivity index (χ3v) is 2.89. The maximum absolute atomic E-state index is 12.0. The fraction of sp³-hybridized carbons (Fsp3) is 0.818. The average molecular weight is 244 g/mol. The minimum atomic E-state index is -1.09. The lowest BCUT2D eigenvalue weighted by Crippen LogP contribution is -2.49. The van der Waals surface area contributed by atoms with Gasteiger partial charge in [-0.25, -0.2) is 4.79 Å². The molecule has 0 aromatic rings. The molecule has 0 radical (unpaired) electrons. The fourth-order valence-corrected chi connectivity index (χ4v) is 2.11. The fourth-order valence-electron chi connectivity index (χ4n) is 2.11. The molecule has 0 aromatic carbocycles. The Morgan fingerprint density at radius 2 is 2.06 bits per heavy atom. The summed E-state index contributed by atoms with van der Waals surface area (Å²) in [4.78, 5) is 24.1. The molecule has 0 spiro atoms. The lowest BCUT2D eigenvalue weighted by molar-refractivity contribution is -0.148. The van der Waals surface area contributed by atoms with Crippen LogP contribution in [0.3, 0.4) is 0 Å². The van der Waals surface area contributed by atoms with E-state index in [4.69, 9.17) is 10.8 Å². The normalized spacial score (nSPS) is 26.3. The molecule has 6 nitrogen and oxygen atoms in total. The molecule has 1 amide bonds. The first-order valence-electron chi connectivity index (χ1n) is 5.79. The molecule has 17 heavy (non-hydrogen) atoms. The summed E-state index contributed by atoms with van der Waals surface area (Å²) in [5.41, 5.74) is 5.74. The predicted molar refractivity (Wildman–Crippen MR) is 61.2 cm³/mol. The van der Waals surface area contributed by atoms with Gasteiger partial charge in [0.15, 0.2) is 0 Å². The number of carboxylic acid groups (broad SMARTS) is 1. The number of aliphatic carboxylic acids is 1. The Kier molecular flexibility index (Phi) is 4.47. The number of carbonyl (C=O) groups is 2. The summed E-state index contributed by atoms with van der Waals surface area (Å²) < 4.78 is 0. The number of nitrogens with zero attached hydrogens (tertiary/aromatic N) is 1. The second kappa shape index (κ2) is 5.46. The van der Waals surface area contributed by atoms with Gasteiger partial charge in [0, 0.05) is 13.0 Å². The molecule has 0 bridgehead atoms. The highest BCUT2D eigenvalue weighted by Crippen LogP contribution is 2.20. The van der Waals surface area contributed by atoms with Crippen LogP contribution in [0, 0.1) is 5.92 Å². The van der Waals surface area contributed by atoms with E-state index in [0.717, 1.165) is 0 Å². The van der Waals surface area contributed by atoms with Crippen molar-refractivity contribution in [1.82, 2.24) is 4.90 Å². The molecule has 1 rings (SSSR count). The summed E-state index contributed by atoms with van der Waals surface area (Å²) in [6, 6.07) is -1.64. The van der Waals surface area contributed by atoms with E-state index < -0.39 is 24.2 Å². The smallest absolute Gasteiger partial charge is 0.326 e. The first-order valence-corrected chi connectivity index (χ1v) is 5.79. The number of amides is 1. The third-order valence-electron chi connectivity index (χ3n) is 2.89. The van der Waals surface area contributed by atoms with E-state index in [2.05, 4.69) is 0 Å². The van der Waals surface area contributed by atoms with Crippen LogP contribution in [0.25, 0.3) is 0 Å². The van der Waals surface area contributed by atoms with Crippen molar-refractivity contribution in [2.24, 2.45) is 11.7 Å². The van der Waals surface area contributed by atoms with Crippen molar-refractivity contribution in [2.45, 2.75) is 44.9 Å². The summed E-state index contributed by atoms with van der Waals surface area (Å²) in [5, 5.41) is 18.4. The summed E-state index contributed by atoms with van der Waals surface area (Å²) in [6.45, 7) is 3.95. The standard InChI is InChI=1S/C11H20N2O4/c1-6(2)3-8(12)10(15)13-5-7(14)4-9(13)11(16)17/h6-9,14H,3-5,12H2,1-2H3,(H,16,17)/t7-,8-,9+/m1/s1. The van der Waals surface area contributed by atoms with Crippen molar-refractivity contribution in [2.75, 3.05) is 6.54 Å². The highest BCUT2D eigenvalue weighted by atomic mass is 16.4. The predicted octanol–water partition coefficient (Wildman–Crippen LogP) is -0.594. The molecular weight excluding hydrogens is 224 g/mol. The van der Waals surface area contributed by atoms with E-state index in [0.29, 0.717) is 6.42 Å². The maximum Gasteiger partial charge on any atom is 0.326 e. The molecule has 0 saturated carbocycles. The second-order valence-corrected chi connectivity index (χ2v) is 4.97. The zero-order chi connectivity index (χ0) is 13.2. The van der Waals surface area contributed by atoms with Crippen LogP contribution < -0.4 is 5.73 Å². The zero-order valence-electron chi connectivity index (χ0n) is 10.2. The molecule has 4 N–H and O–H groups in total. The van der Waals surface area contributed by atoms with E-state index in [1.54, 1.807) is 0 Å². The second-order valence-electron chi connectivity index (χ2n) is 4.97. The Hall–Kier alpha value is -1.14. The molecule has 1 aliphatic rings. The summed E-state index contributed by atoms with van der Waals surface area (Å²) >= 11 is 0. The topological polar surface area (TPSA) is 104 Å². The van der Waals surface area contributed by atoms with E-state index in [9.17, 15) is 14.7 Å². The van der Waals surface area contributed by atoms with Crippen molar-refractivity contribution in [3.05, 3.63) is 0 Å². The number of carboxylic acids is 1. The van der Waals surface area contributed by atoms with Crippen LogP contribution in [0.1, 0.15) is 26.7 Å². The van der Waals surface area contributed by atoms with Crippen LogP contribution in [0.4, 0.5) is 0 Å². The Morgan fingerprint density at radius 1 is 1.47 bits per heavy atom. The largest absolute Gasteiger partial charge is 0.480 e. The molecule has 0 unspecified atom stereocenters. The Labute approximate surface area is 100 Å². The minimum Gasteiger partial charge on any atom is -0.480 e. The molecule has 1 heterocycles. The number of aliphatic hydroxyl groups excluding tert-OH is 1. The van der Waals surface area contributed by atoms with Gasteiger partial charge in [-0.3, -0.25) is 4.79 Å². The molecule has 1 saturated heterocycles. The molecular formula is C11H20N2O4. The highest BCUT2D eigenvalue weighted by Gasteiger charge is 2.40. The van der Waals surface area contributed by atoms with Crippen molar-refractivity contribution < 1.29 is 19.8 Å². The molecule has 1 fully saturated rings. The van der Waals surface area contributed by atoms with Crippen molar-refractivity contribution >= 4 is 11.9 Å². The molecule has 98 valence electrons. The lowest BCUT2D eigenvalue weighted by Gasteiger charge is -2.25. The number of hydrogen-bond acceptors (Lipinski definition) is 4. The van der Waals surface area contributed by atoms with Crippen molar-refractivity contribution in [3.8, 4) is 0 Å². The SMILES string of the molecule is CC(C)C[C@@H](N)C(=O)N1C[C@H](O)C[C@H]1C(=O)O. The first-order chi connectivity index (χ1) is 7.82. The molecule has 1 aliphatic heterocycles. The van der Waals surface area contributed by atoms with E-state index in [1.165, 1.54) is 4.90 Å².